The van der Waals surface area contributed by atoms with Crippen LogP contribution in [0.5, 0.6) is 0 Å². The maximum atomic E-state index is 5.65. The van der Waals surface area contributed by atoms with Crippen LogP contribution in [0.25, 0.3) is 33.1 Å². The van der Waals surface area contributed by atoms with Crippen LogP contribution in [0.4, 0.5) is 0 Å². The zero-order chi connectivity index (χ0) is 20.1. The van der Waals surface area contributed by atoms with Crippen LogP contribution >= 0.6 is 0 Å². The molecular weight excluding hydrogens is 370 g/mol. The summed E-state index contributed by atoms with van der Waals surface area (Å²) in [5, 5.41) is 11.1. The van der Waals surface area contributed by atoms with Crippen LogP contribution in [0.15, 0.2) is 83.5 Å². The van der Waals surface area contributed by atoms with Crippen molar-refractivity contribution in [2.24, 2.45) is 0 Å². The van der Waals surface area contributed by atoms with Crippen LogP contribution in [0.2, 0.25) is 0 Å². The molecule has 1 unspecified atom stereocenters. The zero-order valence-electron chi connectivity index (χ0n) is 16.7. The summed E-state index contributed by atoms with van der Waals surface area (Å²) >= 11 is 0. The lowest BCUT2D eigenvalue weighted by atomic mass is 9.83. The lowest BCUT2D eigenvalue weighted by molar-refractivity contribution is 0.295. The molecule has 5 aromatic rings. The van der Waals surface area contributed by atoms with E-state index in [-0.39, 0.29) is 0 Å². The highest BCUT2D eigenvalue weighted by atomic mass is 16.3. The number of likely N-dealkylation sites (N-methyl/N-ethyl adjacent to an activating group) is 1. The minimum Gasteiger partial charge on any atom is -0.464 e. The molecule has 1 aliphatic rings. The summed E-state index contributed by atoms with van der Waals surface area (Å²) < 4.78 is 5.65. The fraction of sp³-hybridized carbons (Fsp3) is 0.154. The van der Waals surface area contributed by atoms with Crippen molar-refractivity contribution in [3.8, 4) is 11.3 Å². The largest absolute Gasteiger partial charge is 0.464 e. The zero-order valence-corrected chi connectivity index (χ0v) is 16.7. The summed E-state index contributed by atoms with van der Waals surface area (Å²) in [5.41, 5.74) is 7.93. The molecule has 0 fully saturated rings. The van der Waals surface area contributed by atoms with Gasteiger partial charge in [-0.1, -0.05) is 42.5 Å². The van der Waals surface area contributed by atoms with E-state index in [9.17, 15) is 0 Å². The van der Waals surface area contributed by atoms with Gasteiger partial charge in [0.25, 0.3) is 0 Å². The Balaban J connectivity index is 1.43. The Labute approximate surface area is 174 Å². The van der Waals surface area contributed by atoms with E-state index in [0.29, 0.717) is 5.92 Å². The molecule has 6 rings (SSSR count). The number of hydrogen-bond donors (Lipinski definition) is 0. The standard InChI is InChI=1S/C26H21N3O/c1-29-15-21-12-20(25-13-19-4-2-3-5-24(19)27-28-25)8-9-22(21)23(16-29)18-7-6-17-10-11-30-26(17)14-18/h2-14,23H,15-16H2,1H3. The quantitative estimate of drug-likeness (QED) is 0.392. The highest BCUT2D eigenvalue weighted by Crippen LogP contribution is 2.36. The highest BCUT2D eigenvalue weighted by molar-refractivity contribution is 5.82. The Kier molecular flexibility index (Phi) is 3.93. The molecule has 146 valence electrons. The Morgan fingerprint density at radius 2 is 1.83 bits per heavy atom. The smallest absolute Gasteiger partial charge is 0.134 e. The monoisotopic (exact) mass is 391 g/mol. The third kappa shape index (κ3) is 2.88. The molecule has 3 aromatic carbocycles. The molecule has 30 heavy (non-hydrogen) atoms. The van der Waals surface area contributed by atoms with E-state index < -0.39 is 0 Å². The summed E-state index contributed by atoms with van der Waals surface area (Å²) in [6.07, 6.45) is 1.76. The number of nitrogens with zero attached hydrogens (tertiary/aromatic N) is 3. The Bertz CT molecular complexity index is 1390. The second kappa shape index (κ2) is 6.78. The molecule has 4 nitrogen and oxygen atoms in total. The molecule has 3 heterocycles. The van der Waals surface area contributed by atoms with Crippen molar-refractivity contribution >= 4 is 21.9 Å². The third-order valence-corrected chi connectivity index (χ3v) is 6.13. The Morgan fingerprint density at radius 1 is 0.900 bits per heavy atom. The van der Waals surface area contributed by atoms with Crippen molar-refractivity contribution < 1.29 is 4.42 Å². The van der Waals surface area contributed by atoms with Gasteiger partial charge in [-0.25, -0.2) is 0 Å². The average Bonchev–Trinajstić information content (AvgIpc) is 3.25. The van der Waals surface area contributed by atoms with Gasteiger partial charge in [-0.2, -0.15) is 0 Å². The number of aromatic nitrogens is 2. The maximum Gasteiger partial charge on any atom is 0.134 e. The number of furan rings is 1. The molecule has 0 saturated heterocycles. The number of fused-ring (bicyclic) bond motifs is 3. The SMILES string of the molecule is CN1Cc2cc(-c3cc4ccccc4nn3)ccc2C(c2ccc3ccoc3c2)C1. The van der Waals surface area contributed by atoms with Crippen LogP contribution in [-0.2, 0) is 6.54 Å². The van der Waals surface area contributed by atoms with E-state index in [1.807, 2.05) is 24.3 Å². The summed E-state index contributed by atoms with van der Waals surface area (Å²) in [5.74, 6) is 0.324. The first-order valence-corrected chi connectivity index (χ1v) is 10.3. The van der Waals surface area contributed by atoms with E-state index in [4.69, 9.17) is 4.42 Å². The normalized spacial score (nSPS) is 16.8. The van der Waals surface area contributed by atoms with Crippen molar-refractivity contribution in [3.63, 3.8) is 0 Å². The first kappa shape index (κ1) is 17.4. The topological polar surface area (TPSA) is 42.2 Å². The predicted octanol–water partition coefficient (Wildman–Crippen LogP) is 5.62. The number of rotatable bonds is 2. The van der Waals surface area contributed by atoms with Gasteiger partial charge < -0.3 is 9.32 Å². The van der Waals surface area contributed by atoms with Gasteiger partial charge in [0.05, 0.1) is 17.5 Å². The minimum absolute atomic E-state index is 0.324. The molecule has 2 aromatic heterocycles. The average molecular weight is 391 g/mol. The molecule has 0 bridgehead atoms. The van der Waals surface area contributed by atoms with E-state index in [1.54, 1.807) is 6.26 Å². The van der Waals surface area contributed by atoms with E-state index in [1.165, 1.54) is 16.7 Å². The molecule has 0 saturated carbocycles. The first-order chi connectivity index (χ1) is 14.7. The van der Waals surface area contributed by atoms with Crippen molar-refractivity contribution in [1.82, 2.24) is 15.1 Å². The molecule has 1 aliphatic heterocycles. The second-order valence-electron chi connectivity index (χ2n) is 8.17. The molecule has 4 heteroatoms. The van der Waals surface area contributed by atoms with Crippen LogP contribution in [-0.4, -0.2) is 28.7 Å². The van der Waals surface area contributed by atoms with Gasteiger partial charge in [0.15, 0.2) is 0 Å². The Morgan fingerprint density at radius 3 is 2.80 bits per heavy atom. The predicted molar refractivity (Wildman–Crippen MR) is 119 cm³/mol. The molecule has 0 spiro atoms. The molecular formula is C26H21N3O. The Hall–Kier alpha value is -3.50. The van der Waals surface area contributed by atoms with Crippen LogP contribution < -0.4 is 0 Å². The van der Waals surface area contributed by atoms with Crippen molar-refractivity contribution in [3.05, 3.63) is 95.7 Å². The maximum absolute atomic E-state index is 5.65. The highest BCUT2D eigenvalue weighted by Gasteiger charge is 2.25. The fourth-order valence-corrected chi connectivity index (χ4v) is 4.61. The van der Waals surface area contributed by atoms with E-state index in [0.717, 1.165) is 46.2 Å². The lowest BCUT2D eigenvalue weighted by Gasteiger charge is -2.33. The fourth-order valence-electron chi connectivity index (χ4n) is 4.61. The molecule has 0 radical (unpaired) electrons. The van der Waals surface area contributed by atoms with Crippen molar-refractivity contribution in [2.75, 3.05) is 13.6 Å². The van der Waals surface area contributed by atoms with Gasteiger partial charge in [-0.05, 0) is 54.1 Å². The lowest BCUT2D eigenvalue weighted by Crippen LogP contribution is -2.31. The van der Waals surface area contributed by atoms with Gasteiger partial charge in [0.1, 0.15) is 5.58 Å². The van der Waals surface area contributed by atoms with Gasteiger partial charge in [-0.15, -0.1) is 10.2 Å². The molecule has 0 aliphatic carbocycles. The van der Waals surface area contributed by atoms with Crippen LogP contribution in [0, 0.1) is 0 Å². The second-order valence-corrected chi connectivity index (χ2v) is 8.17. The minimum atomic E-state index is 0.324. The van der Waals surface area contributed by atoms with E-state index >= 15 is 0 Å². The first-order valence-electron chi connectivity index (χ1n) is 10.3. The summed E-state index contributed by atoms with van der Waals surface area (Å²) in [7, 11) is 2.18. The summed E-state index contributed by atoms with van der Waals surface area (Å²) in [6, 6.07) is 25.5. The third-order valence-electron chi connectivity index (χ3n) is 6.13. The summed E-state index contributed by atoms with van der Waals surface area (Å²) in [4.78, 5) is 2.38. The molecule has 0 N–H and O–H groups in total. The van der Waals surface area contributed by atoms with Crippen LogP contribution in [0.1, 0.15) is 22.6 Å². The van der Waals surface area contributed by atoms with Crippen LogP contribution in [0.3, 0.4) is 0 Å². The van der Waals surface area contributed by atoms with Crippen molar-refractivity contribution in [1.29, 1.82) is 0 Å². The van der Waals surface area contributed by atoms with Gasteiger partial charge in [-0.3, -0.25) is 0 Å². The van der Waals surface area contributed by atoms with Gasteiger partial charge >= 0.3 is 0 Å². The molecule has 1 atom stereocenters. The van der Waals surface area contributed by atoms with Gasteiger partial charge in [0.2, 0.25) is 0 Å². The van der Waals surface area contributed by atoms with Crippen molar-refractivity contribution in [2.45, 2.75) is 12.5 Å². The van der Waals surface area contributed by atoms with Gasteiger partial charge in [0, 0.05) is 35.3 Å². The summed E-state index contributed by atoms with van der Waals surface area (Å²) in [6.45, 7) is 1.93. The number of benzene rings is 3. The van der Waals surface area contributed by atoms with E-state index in [2.05, 4.69) is 70.7 Å². The molecule has 0 amide bonds. The number of hydrogen-bond acceptors (Lipinski definition) is 4.